The average molecular weight is 379 g/mol. The van der Waals surface area contributed by atoms with Gasteiger partial charge in [0.05, 0.1) is 17.1 Å². The highest BCUT2D eigenvalue weighted by Gasteiger charge is 2.10. The van der Waals surface area contributed by atoms with E-state index in [9.17, 15) is 0 Å². The van der Waals surface area contributed by atoms with Gasteiger partial charge in [-0.05, 0) is 31.2 Å². The number of rotatable bonds is 6. The zero-order valence-corrected chi connectivity index (χ0v) is 15.6. The average Bonchev–Trinajstić information content (AvgIpc) is 3.33. The Morgan fingerprint density at radius 1 is 1.44 bits per heavy atom. The minimum Gasteiger partial charge on any atom is -0.461 e. The van der Waals surface area contributed by atoms with Crippen molar-refractivity contribution in [2.45, 2.75) is 20.0 Å². The number of hydrogen-bond acceptors (Lipinski definition) is 5. The Bertz CT molecular complexity index is 825. The molecule has 0 unspecified atom stereocenters. The lowest BCUT2D eigenvalue weighted by Gasteiger charge is -2.21. The molecule has 0 spiro atoms. The molecule has 0 atom stereocenters. The van der Waals surface area contributed by atoms with Gasteiger partial charge in [0.1, 0.15) is 12.4 Å². The number of halogens is 1. The van der Waals surface area contributed by atoms with Crippen molar-refractivity contribution in [3.8, 4) is 11.6 Å². The number of aromatic amines is 1. The van der Waals surface area contributed by atoms with Gasteiger partial charge in [-0.1, -0.05) is 11.6 Å². The van der Waals surface area contributed by atoms with E-state index in [2.05, 4.69) is 30.4 Å². The summed E-state index contributed by atoms with van der Waals surface area (Å²) in [5, 5.41) is 10.3. The van der Waals surface area contributed by atoms with Crippen LogP contribution in [0, 0.1) is 0 Å². The molecule has 2 N–H and O–H groups in total. The first kappa shape index (κ1) is 17.5. The van der Waals surface area contributed by atoms with E-state index in [1.54, 1.807) is 23.7 Å². The minimum absolute atomic E-state index is 0.394. The molecular formula is C16H19ClN6OS. The maximum atomic E-state index is 6.00. The second-order valence-corrected chi connectivity index (χ2v) is 7.11. The molecule has 3 heterocycles. The summed E-state index contributed by atoms with van der Waals surface area (Å²) in [5.74, 6) is 2.63. The van der Waals surface area contributed by atoms with Crippen molar-refractivity contribution in [2.24, 2.45) is 4.99 Å². The molecule has 0 fully saturated rings. The van der Waals surface area contributed by atoms with E-state index in [0.29, 0.717) is 24.0 Å². The van der Waals surface area contributed by atoms with Gasteiger partial charge in [0.15, 0.2) is 11.7 Å². The van der Waals surface area contributed by atoms with Crippen LogP contribution in [0.4, 0.5) is 0 Å². The summed E-state index contributed by atoms with van der Waals surface area (Å²) >= 11 is 7.57. The highest BCUT2D eigenvalue weighted by atomic mass is 35.5. The lowest BCUT2D eigenvalue weighted by atomic mass is 10.4. The van der Waals surface area contributed by atoms with E-state index >= 15 is 0 Å². The molecule has 0 aliphatic rings. The van der Waals surface area contributed by atoms with Gasteiger partial charge >= 0.3 is 0 Å². The second-order valence-electron chi connectivity index (χ2n) is 5.32. The van der Waals surface area contributed by atoms with Gasteiger partial charge in [0, 0.05) is 18.5 Å². The number of nitrogens with zero attached hydrogens (tertiary/aromatic N) is 4. The van der Waals surface area contributed by atoms with Crippen LogP contribution in [0.2, 0.25) is 4.34 Å². The van der Waals surface area contributed by atoms with Crippen LogP contribution in [0.15, 0.2) is 39.9 Å². The Morgan fingerprint density at radius 3 is 3.00 bits per heavy atom. The molecule has 3 rings (SSSR count). The summed E-state index contributed by atoms with van der Waals surface area (Å²) in [6.07, 6.45) is 1.60. The number of thiophene rings is 1. The molecular weight excluding hydrogens is 360 g/mol. The summed E-state index contributed by atoms with van der Waals surface area (Å²) in [5.41, 5.74) is 0. The molecule has 0 aliphatic carbocycles. The SMILES string of the molecule is CCNC(=NCc1nc(-c2ccco2)n[nH]1)N(C)Cc1ccc(Cl)s1. The first-order valence-corrected chi connectivity index (χ1v) is 9.04. The third-order valence-corrected chi connectivity index (χ3v) is 4.59. The monoisotopic (exact) mass is 378 g/mol. The Kier molecular flexibility index (Phi) is 5.72. The Labute approximate surface area is 154 Å². The summed E-state index contributed by atoms with van der Waals surface area (Å²) in [6.45, 7) is 3.94. The zero-order chi connectivity index (χ0) is 17.6. The topological polar surface area (TPSA) is 82.3 Å². The van der Waals surface area contributed by atoms with Crippen molar-refractivity contribution in [3.63, 3.8) is 0 Å². The fraction of sp³-hybridized carbons (Fsp3) is 0.312. The van der Waals surface area contributed by atoms with Crippen LogP contribution < -0.4 is 5.32 Å². The lowest BCUT2D eigenvalue weighted by molar-refractivity contribution is 0.481. The van der Waals surface area contributed by atoms with Gasteiger partial charge in [-0.2, -0.15) is 0 Å². The Morgan fingerprint density at radius 2 is 2.32 bits per heavy atom. The molecule has 0 aliphatic heterocycles. The quantitative estimate of drug-likeness (QED) is 0.507. The summed E-state index contributed by atoms with van der Waals surface area (Å²) in [4.78, 5) is 12.3. The van der Waals surface area contributed by atoms with E-state index in [0.717, 1.165) is 23.4 Å². The second kappa shape index (κ2) is 8.17. The molecule has 7 nitrogen and oxygen atoms in total. The van der Waals surface area contributed by atoms with Gasteiger partial charge < -0.3 is 14.6 Å². The molecule has 0 saturated carbocycles. The zero-order valence-electron chi connectivity index (χ0n) is 14.0. The van der Waals surface area contributed by atoms with E-state index in [1.165, 1.54) is 4.88 Å². The van der Waals surface area contributed by atoms with Crippen LogP contribution >= 0.6 is 22.9 Å². The molecule has 0 amide bonds. The lowest BCUT2D eigenvalue weighted by Crippen LogP contribution is -2.38. The molecule has 9 heteroatoms. The Balaban J connectivity index is 1.67. The maximum absolute atomic E-state index is 6.00. The van der Waals surface area contributed by atoms with Crippen LogP contribution in [0.3, 0.4) is 0 Å². The van der Waals surface area contributed by atoms with E-state index in [-0.39, 0.29) is 0 Å². The van der Waals surface area contributed by atoms with E-state index in [1.807, 2.05) is 32.2 Å². The first-order chi connectivity index (χ1) is 12.2. The Hall–Kier alpha value is -2.32. The number of nitrogens with one attached hydrogen (secondary N) is 2. The number of aromatic nitrogens is 3. The fourth-order valence-corrected chi connectivity index (χ4v) is 3.39. The van der Waals surface area contributed by atoms with E-state index in [4.69, 9.17) is 16.0 Å². The molecule has 0 bridgehead atoms. The largest absolute Gasteiger partial charge is 0.461 e. The van der Waals surface area contributed by atoms with Gasteiger partial charge in [0.2, 0.25) is 5.82 Å². The highest BCUT2D eigenvalue weighted by Crippen LogP contribution is 2.22. The summed E-state index contributed by atoms with van der Waals surface area (Å²) < 4.78 is 6.08. The smallest absolute Gasteiger partial charge is 0.216 e. The van der Waals surface area contributed by atoms with Crippen LogP contribution in [-0.4, -0.2) is 39.6 Å². The highest BCUT2D eigenvalue weighted by molar-refractivity contribution is 7.16. The predicted molar refractivity (Wildman–Crippen MR) is 99.7 cm³/mol. The van der Waals surface area contributed by atoms with Crippen LogP contribution in [0.5, 0.6) is 0 Å². The number of aliphatic imine (C=N–C) groups is 1. The fourth-order valence-electron chi connectivity index (χ4n) is 2.25. The minimum atomic E-state index is 0.394. The van der Waals surface area contributed by atoms with Crippen molar-refractivity contribution in [2.75, 3.05) is 13.6 Å². The van der Waals surface area contributed by atoms with Gasteiger partial charge in [-0.25, -0.2) is 9.98 Å². The number of H-pyrrole nitrogens is 1. The van der Waals surface area contributed by atoms with Crippen LogP contribution in [0.1, 0.15) is 17.6 Å². The third-order valence-electron chi connectivity index (χ3n) is 3.37. The van der Waals surface area contributed by atoms with Gasteiger partial charge in [-0.3, -0.25) is 5.10 Å². The molecule has 3 aromatic rings. The molecule has 25 heavy (non-hydrogen) atoms. The van der Waals surface area contributed by atoms with Crippen LogP contribution in [-0.2, 0) is 13.1 Å². The molecule has 0 radical (unpaired) electrons. The number of hydrogen-bond donors (Lipinski definition) is 2. The van der Waals surface area contributed by atoms with Crippen LogP contribution in [0.25, 0.3) is 11.6 Å². The maximum Gasteiger partial charge on any atom is 0.216 e. The molecule has 132 valence electrons. The van der Waals surface area contributed by atoms with Crippen molar-refractivity contribution < 1.29 is 4.42 Å². The van der Waals surface area contributed by atoms with Crippen molar-refractivity contribution in [1.82, 2.24) is 25.4 Å². The van der Waals surface area contributed by atoms with Gasteiger partial charge in [0.25, 0.3) is 0 Å². The number of furan rings is 1. The first-order valence-electron chi connectivity index (χ1n) is 7.84. The van der Waals surface area contributed by atoms with Crippen molar-refractivity contribution in [3.05, 3.63) is 45.6 Å². The molecule has 3 aromatic heterocycles. The van der Waals surface area contributed by atoms with E-state index < -0.39 is 0 Å². The van der Waals surface area contributed by atoms with Crippen molar-refractivity contribution in [1.29, 1.82) is 0 Å². The predicted octanol–water partition coefficient (Wildman–Crippen LogP) is 3.38. The third kappa shape index (κ3) is 4.61. The normalized spacial score (nSPS) is 11.7. The summed E-state index contributed by atoms with van der Waals surface area (Å²) in [6, 6.07) is 7.56. The van der Waals surface area contributed by atoms with Gasteiger partial charge in [-0.15, -0.1) is 16.4 Å². The molecule has 0 aromatic carbocycles. The number of guanidine groups is 1. The standard InChI is InChI=1S/C16H19ClN6OS/c1-3-18-16(23(2)10-11-6-7-13(17)25-11)19-9-14-20-15(22-21-14)12-5-4-8-24-12/h4-8H,3,9-10H2,1-2H3,(H,18,19)(H,20,21,22). The summed E-state index contributed by atoms with van der Waals surface area (Å²) in [7, 11) is 1.99. The van der Waals surface area contributed by atoms with Crippen molar-refractivity contribution >= 4 is 28.9 Å². The molecule has 0 saturated heterocycles.